The van der Waals surface area contributed by atoms with Crippen LogP contribution in [0.3, 0.4) is 0 Å². The fourth-order valence-electron chi connectivity index (χ4n) is 4.49. The standard InChI is InChI=1S/C23H34N6O.HI/c1-19-5-7-20(8-6-19)22(28-10-3-4-11-28)17-25-23(24-2)29-14-12-27(13-15-29)18-21-9-16-30-26-21;/h5-9,16,22H,3-4,10-15,17-18H2,1-2H3,(H,24,25);1H. The Labute approximate surface area is 202 Å². The predicted molar refractivity (Wildman–Crippen MR) is 135 cm³/mol. The smallest absolute Gasteiger partial charge is 0.193 e. The van der Waals surface area contributed by atoms with Crippen LogP contribution >= 0.6 is 24.0 Å². The lowest BCUT2D eigenvalue weighted by Gasteiger charge is -2.37. The molecule has 3 heterocycles. The van der Waals surface area contributed by atoms with Gasteiger partial charge >= 0.3 is 0 Å². The van der Waals surface area contributed by atoms with Gasteiger partial charge in [0.25, 0.3) is 0 Å². The number of aryl methyl sites for hydroxylation is 1. The third-order valence-corrected chi connectivity index (χ3v) is 6.26. The number of nitrogens with one attached hydrogen (secondary N) is 1. The van der Waals surface area contributed by atoms with Crippen LogP contribution in [0.2, 0.25) is 0 Å². The van der Waals surface area contributed by atoms with E-state index in [1.807, 2.05) is 13.1 Å². The second-order valence-electron chi connectivity index (χ2n) is 8.35. The summed E-state index contributed by atoms with van der Waals surface area (Å²) in [4.78, 5) is 12.0. The molecular weight excluding hydrogens is 503 g/mol. The van der Waals surface area contributed by atoms with E-state index >= 15 is 0 Å². The van der Waals surface area contributed by atoms with Gasteiger partial charge in [-0.3, -0.25) is 14.8 Å². The van der Waals surface area contributed by atoms with Crippen molar-refractivity contribution in [3.8, 4) is 0 Å². The van der Waals surface area contributed by atoms with Gasteiger partial charge in [0.15, 0.2) is 5.96 Å². The van der Waals surface area contributed by atoms with Gasteiger partial charge in [0.1, 0.15) is 6.26 Å². The highest BCUT2D eigenvalue weighted by Gasteiger charge is 2.25. The van der Waals surface area contributed by atoms with E-state index in [1.54, 1.807) is 6.26 Å². The van der Waals surface area contributed by atoms with E-state index in [-0.39, 0.29) is 24.0 Å². The van der Waals surface area contributed by atoms with Gasteiger partial charge in [0.2, 0.25) is 0 Å². The number of nitrogens with zero attached hydrogens (tertiary/aromatic N) is 5. The Bertz CT molecular complexity index is 796. The quantitative estimate of drug-likeness (QED) is 0.347. The lowest BCUT2D eigenvalue weighted by molar-refractivity contribution is 0.167. The summed E-state index contributed by atoms with van der Waals surface area (Å²) in [7, 11) is 1.89. The van der Waals surface area contributed by atoms with Crippen molar-refractivity contribution >= 4 is 29.9 Å². The summed E-state index contributed by atoms with van der Waals surface area (Å²) in [6.07, 6.45) is 4.23. The molecule has 0 bridgehead atoms. The van der Waals surface area contributed by atoms with Gasteiger partial charge in [-0.2, -0.15) is 0 Å². The topological polar surface area (TPSA) is 60.1 Å². The van der Waals surface area contributed by atoms with Crippen molar-refractivity contribution in [2.24, 2.45) is 4.99 Å². The van der Waals surface area contributed by atoms with Gasteiger partial charge in [-0.25, -0.2) is 0 Å². The Morgan fingerprint density at radius 2 is 1.77 bits per heavy atom. The number of aromatic nitrogens is 1. The lowest BCUT2D eigenvalue weighted by atomic mass is 10.0. The molecule has 2 aliphatic heterocycles. The van der Waals surface area contributed by atoms with Gasteiger partial charge in [-0.1, -0.05) is 35.0 Å². The molecule has 1 aromatic heterocycles. The van der Waals surface area contributed by atoms with E-state index in [9.17, 15) is 0 Å². The summed E-state index contributed by atoms with van der Waals surface area (Å²) in [5.41, 5.74) is 3.70. The number of benzene rings is 1. The summed E-state index contributed by atoms with van der Waals surface area (Å²) >= 11 is 0. The van der Waals surface area contributed by atoms with Gasteiger partial charge < -0.3 is 14.7 Å². The number of hydrogen-bond donors (Lipinski definition) is 1. The highest BCUT2D eigenvalue weighted by Crippen LogP contribution is 2.25. The zero-order chi connectivity index (χ0) is 20.8. The molecule has 31 heavy (non-hydrogen) atoms. The highest BCUT2D eigenvalue weighted by atomic mass is 127. The van der Waals surface area contributed by atoms with E-state index in [1.165, 1.54) is 37.1 Å². The Hall–Kier alpha value is -1.65. The van der Waals surface area contributed by atoms with Crippen LogP contribution < -0.4 is 5.32 Å². The van der Waals surface area contributed by atoms with Crippen LogP contribution in [0, 0.1) is 6.92 Å². The summed E-state index contributed by atoms with van der Waals surface area (Å²) in [5.74, 6) is 1.01. The fourth-order valence-corrected chi connectivity index (χ4v) is 4.49. The average molecular weight is 538 g/mol. The van der Waals surface area contributed by atoms with Gasteiger partial charge in [-0.05, 0) is 38.4 Å². The molecule has 0 amide bonds. The van der Waals surface area contributed by atoms with Gasteiger partial charge in [0, 0.05) is 52.4 Å². The van der Waals surface area contributed by atoms with Crippen molar-refractivity contribution in [2.75, 3.05) is 52.9 Å². The minimum Gasteiger partial charge on any atom is -0.364 e. The molecule has 1 unspecified atom stereocenters. The Morgan fingerprint density at radius 1 is 1.06 bits per heavy atom. The Balaban J connectivity index is 0.00000272. The van der Waals surface area contributed by atoms with E-state index in [0.29, 0.717) is 6.04 Å². The molecule has 4 rings (SSSR count). The monoisotopic (exact) mass is 538 g/mol. The average Bonchev–Trinajstić information content (AvgIpc) is 3.48. The highest BCUT2D eigenvalue weighted by molar-refractivity contribution is 14.0. The van der Waals surface area contributed by atoms with Crippen molar-refractivity contribution in [1.82, 2.24) is 25.2 Å². The van der Waals surface area contributed by atoms with Crippen molar-refractivity contribution < 1.29 is 4.52 Å². The first-order valence-electron chi connectivity index (χ1n) is 11.1. The van der Waals surface area contributed by atoms with E-state index < -0.39 is 0 Å². The summed E-state index contributed by atoms with van der Waals surface area (Å²) < 4.78 is 4.95. The fraction of sp³-hybridized carbons (Fsp3) is 0.565. The number of guanidine groups is 1. The maximum atomic E-state index is 4.95. The molecule has 2 aliphatic rings. The van der Waals surface area contributed by atoms with Crippen LogP contribution in [-0.4, -0.2) is 78.7 Å². The maximum absolute atomic E-state index is 4.95. The van der Waals surface area contributed by atoms with Crippen LogP contribution in [0.5, 0.6) is 0 Å². The third-order valence-electron chi connectivity index (χ3n) is 6.26. The SMILES string of the molecule is CN=C(NCC(c1ccc(C)cc1)N1CCCC1)N1CCN(Cc2ccon2)CC1.I. The molecule has 0 saturated carbocycles. The zero-order valence-electron chi connectivity index (χ0n) is 18.7. The molecule has 2 fully saturated rings. The number of aliphatic imine (C=N–C) groups is 1. The molecule has 1 N–H and O–H groups in total. The zero-order valence-corrected chi connectivity index (χ0v) is 21.0. The Morgan fingerprint density at radius 3 is 2.39 bits per heavy atom. The number of halogens is 1. The minimum absolute atomic E-state index is 0. The second kappa shape index (κ2) is 11.8. The number of hydrogen-bond acceptors (Lipinski definition) is 5. The van der Waals surface area contributed by atoms with Crippen LogP contribution in [-0.2, 0) is 6.54 Å². The summed E-state index contributed by atoms with van der Waals surface area (Å²) in [6.45, 7) is 10.2. The van der Waals surface area contributed by atoms with Crippen molar-refractivity contribution in [2.45, 2.75) is 32.4 Å². The first-order valence-corrected chi connectivity index (χ1v) is 11.1. The molecular formula is C23H35IN6O. The molecule has 1 atom stereocenters. The van der Waals surface area contributed by atoms with Crippen molar-refractivity contribution in [1.29, 1.82) is 0 Å². The third kappa shape index (κ3) is 6.43. The first kappa shape index (κ1) is 24.0. The molecule has 2 aromatic rings. The second-order valence-corrected chi connectivity index (χ2v) is 8.35. The summed E-state index contributed by atoms with van der Waals surface area (Å²) in [5, 5.41) is 7.71. The molecule has 1 aromatic carbocycles. The molecule has 0 spiro atoms. The molecule has 2 saturated heterocycles. The van der Waals surface area contributed by atoms with E-state index in [4.69, 9.17) is 4.52 Å². The molecule has 7 nitrogen and oxygen atoms in total. The largest absolute Gasteiger partial charge is 0.364 e. The molecule has 0 radical (unpaired) electrons. The number of rotatable bonds is 6. The molecule has 170 valence electrons. The Kier molecular flexibility index (Phi) is 9.15. The number of likely N-dealkylation sites (tertiary alicyclic amines) is 1. The van der Waals surface area contributed by atoms with Crippen LogP contribution in [0.25, 0.3) is 0 Å². The number of piperazine rings is 1. The van der Waals surface area contributed by atoms with E-state index in [2.05, 4.69) is 61.4 Å². The minimum atomic E-state index is 0. The lowest BCUT2D eigenvalue weighted by Crippen LogP contribution is -2.53. The normalized spacial score (nSPS) is 19.3. The van der Waals surface area contributed by atoms with E-state index in [0.717, 1.165) is 50.9 Å². The van der Waals surface area contributed by atoms with Crippen LogP contribution in [0.15, 0.2) is 46.1 Å². The molecule has 0 aliphatic carbocycles. The van der Waals surface area contributed by atoms with Gasteiger partial charge in [-0.15, -0.1) is 24.0 Å². The van der Waals surface area contributed by atoms with Crippen molar-refractivity contribution in [3.05, 3.63) is 53.4 Å². The van der Waals surface area contributed by atoms with Crippen LogP contribution in [0.1, 0.15) is 35.7 Å². The summed E-state index contributed by atoms with van der Waals surface area (Å²) in [6, 6.07) is 11.3. The van der Waals surface area contributed by atoms with Gasteiger partial charge in [0.05, 0.1) is 11.7 Å². The van der Waals surface area contributed by atoms with Crippen molar-refractivity contribution in [3.63, 3.8) is 0 Å². The van der Waals surface area contributed by atoms with Crippen LogP contribution in [0.4, 0.5) is 0 Å². The molecule has 8 heteroatoms. The first-order chi connectivity index (χ1) is 14.7. The predicted octanol–water partition coefficient (Wildman–Crippen LogP) is 3.13. The maximum Gasteiger partial charge on any atom is 0.193 e.